The molecule has 2 rings (SSSR count). The Morgan fingerprint density at radius 2 is 1.89 bits per heavy atom. The highest BCUT2D eigenvalue weighted by atomic mass is 19.1. The Balaban J connectivity index is 1.92. The average Bonchev–Trinajstić information content (AvgIpc) is 2.78. The number of hydrogen-bond donors (Lipinski definition) is 1. The minimum absolute atomic E-state index is 0.0361. The molecule has 1 aliphatic carbocycles. The van der Waals surface area contributed by atoms with Gasteiger partial charge in [-0.1, -0.05) is 0 Å². The molecule has 0 bridgehead atoms. The van der Waals surface area contributed by atoms with Gasteiger partial charge in [-0.2, -0.15) is 0 Å². The summed E-state index contributed by atoms with van der Waals surface area (Å²) < 4.78 is 12.7. The summed E-state index contributed by atoms with van der Waals surface area (Å²) >= 11 is 0. The van der Waals surface area contributed by atoms with Gasteiger partial charge in [-0.3, -0.25) is 9.59 Å². The van der Waals surface area contributed by atoms with E-state index in [-0.39, 0.29) is 23.4 Å². The van der Waals surface area contributed by atoms with Gasteiger partial charge in [0.1, 0.15) is 5.82 Å². The number of hydrogen-bond acceptors (Lipinski definition) is 2. The third-order valence-electron chi connectivity index (χ3n) is 3.53. The average molecular weight is 250 g/mol. The van der Waals surface area contributed by atoms with Crippen LogP contribution in [0.25, 0.3) is 0 Å². The molecule has 0 radical (unpaired) electrons. The minimum atomic E-state index is -0.772. The normalized spacial score (nSPS) is 22.9. The first-order valence-corrected chi connectivity index (χ1v) is 6.08. The van der Waals surface area contributed by atoms with Crippen molar-refractivity contribution in [2.45, 2.75) is 25.7 Å². The van der Waals surface area contributed by atoms with Crippen LogP contribution in [0.4, 0.5) is 4.39 Å². The minimum Gasteiger partial charge on any atom is -0.481 e. The van der Waals surface area contributed by atoms with Gasteiger partial charge in [0, 0.05) is 12.0 Å². The van der Waals surface area contributed by atoms with Crippen molar-refractivity contribution in [3.63, 3.8) is 0 Å². The number of carbonyl (C=O) groups is 2. The van der Waals surface area contributed by atoms with Crippen LogP contribution in [0.1, 0.15) is 36.0 Å². The number of benzene rings is 1. The molecule has 2 atom stereocenters. The van der Waals surface area contributed by atoms with Gasteiger partial charge in [-0.25, -0.2) is 4.39 Å². The van der Waals surface area contributed by atoms with Crippen LogP contribution in [0.2, 0.25) is 0 Å². The largest absolute Gasteiger partial charge is 0.481 e. The standard InChI is InChI=1S/C14H15FO3/c15-12-5-3-10(4-6-12)13(16)8-9-1-2-11(7-9)14(17)18/h3-6,9,11H,1-2,7-8H2,(H,17,18). The van der Waals surface area contributed by atoms with E-state index in [0.29, 0.717) is 24.8 Å². The van der Waals surface area contributed by atoms with E-state index in [2.05, 4.69) is 0 Å². The number of Topliss-reactive ketones (excluding diaryl/α,β-unsaturated/α-hetero) is 1. The third-order valence-corrected chi connectivity index (χ3v) is 3.53. The van der Waals surface area contributed by atoms with Gasteiger partial charge in [0.15, 0.2) is 5.78 Å². The number of carbonyl (C=O) groups excluding carboxylic acids is 1. The van der Waals surface area contributed by atoms with Crippen LogP contribution in [-0.4, -0.2) is 16.9 Å². The van der Waals surface area contributed by atoms with Crippen LogP contribution in [-0.2, 0) is 4.79 Å². The fraction of sp³-hybridized carbons (Fsp3) is 0.429. The molecule has 2 unspecified atom stereocenters. The molecular weight excluding hydrogens is 235 g/mol. The van der Waals surface area contributed by atoms with E-state index >= 15 is 0 Å². The summed E-state index contributed by atoms with van der Waals surface area (Å²) in [5.74, 6) is -1.34. The van der Waals surface area contributed by atoms with Gasteiger partial charge >= 0.3 is 5.97 Å². The molecule has 0 amide bonds. The molecule has 0 spiro atoms. The summed E-state index contributed by atoms with van der Waals surface area (Å²) in [5, 5.41) is 8.89. The smallest absolute Gasteiger partial charge is 0.306 e. The molecule has 96 valence electrons. The predicted octanol–water partition coefficient (Wildman–Crippen LogP) is 2.90. The fourth-order valence-electron chi connectivity index (χ4n) is 2.50. The SMILES string of the molecule is O=C(CC1CCC(C(=O)O)C1)c1ccc(F)cc1. The summed E-state index contributed by atoms with van der Waals surface area (Å²) in [7, 11) is 0. The molecular formula is C14H15FO3. The number of halogens is 1. The second-order valence-electron chi connectivity index (χ2n) is 4.85. The van der Waals surface area contributed by atoms with Gasteiger partial charge in [0.2, 0.25) is 0 Å². The zero-order valence-electron chi connectivity index (χ0n) is 9.93. The summed E-state index contributed by atoms with van der Waals surface area (Å²) in [6, 6.07) is 5.48. The lowest BCUT2D eigenvalue weighted by Crippen LogP contribution is -2.11. The van der Waals surface area contributed by atoms with Gasteiger partial charge in [-0.15, -0.1) is 0 Å². The zero-order chi connectivity index (χ0) is 13.1. The van der Waals surface area contributed by atoms with Crippen molar-refractivity contribution in [1.29, 1.82) is 0 Å². The number of ketones is 1. The zero-order valence-corrected chi connectivity index (χ0v) is 9.93. The first-order chi connectivity index (χ1) is 8.56. The monoisotopic (exact) mass is 250 g/mol. The van der Waals surface area contributed by atoms with Crippen molar-refractivity contribution in [3.05, 3.63) is 35.6 Å². The van der Waals surface area contributed by atoms with Gasteiger partial charge in [-0.05, 0) is 49.4 Å². The lowest BCUT2D eigenvalue weighted by molar-refractivity contribution is -0.141. The quantitative estimate of drug-likeness (QED) is 0.836. The predicted molar refractivity (Wildman–Crippen MR) is 63.8 cm³/mol. The van der Waals surface area contributed by atoms with E-state index in [1.54, 1.807) is 0 Å². The Morgan fingerprint density at radius 3 is 2.44 bits per heavy atom. The van der Waals surface area contributed by atoms with Gasteiger partial charge < -0.3 is 5.11 Å². The summed E-state index contributed by atoms with van der Waals surface area (Å²) in [5.41, 5.74) is 0.496. The second kappa shape index (κ2) is 5.29. The molecule has 1 aliphatic rings. The molecule has 1 aromatic rings. The van der Waals surface area contributed by atoms with Crippen molar-refractivity contribution < 1.29 is 19.1 Å². The first-order valence-electron chi connectivity index (χ1n) is 6.08. The summed E-state index contributed by atoms with van der Waals surface area (Å²) in [6.07, 6.45) is 2.36. The molecule has 0 aliphatic heterocycles. The van der Waals surface area contributed by atoms with E-state index in [9.17, 15) is 14.0 Å². The maximum Gasteiger partial charge on any atom is 0.306 e. The van der Waals surface area contributed by atoms with Crippen LogP contribution in [0.15, 0.2) is 24.3 Å². The van der Waals surface area contributed by atoms with E-state index in [1.165, 1.54) is 24.3 Å². The molecule has 3 nitrogen and oxygen atoms in total. The highest BCUT2D eigenvalue weighted by Crippen LogP contribution is 2.33. The maximum atomic E-state index is 12.7. The van der Waals surface area contributed by atoms with Crippen molar-refractivity contribution in [2.24, 2.45) is 11.8 Å². The Labute approximate surface area is 105 Å². The molecule has 1 N–H and O–H groups in total. The molecule has 1 aromatic carbocycles. The third kappa shape index (κ3) is 2.94. The Kier molecular flexibility index (Phi) is 3.75. The fourth-order valence-corrected chi connectivity index (χ4v) is 2.50. The lowest BCUT2D eigenvalue weighted by Gasteiger charge is -2.08. The topological polar surface area (TPSA) is 54.4 Å². The Bertz CT molecular complexity index is 453. The van der Waals surface area contributed by atoms with Gasteiger partial charge in [0.05, 0.1) is 5.92 Å². The molecule has 0 saturated heterocycles. The van der Waals surface area contributed by atoms with Gasteiger partial charge in [0.25, 0.3) is 0 Å². The summed E-state index contributed by atoms with van der Waals surface area (Å²) in [4.78, 5) is 22.7. The molecule has 18 heavy (non-hydrogen) atoms. The molecule has 1 saturated carbocycles. The molecule has 0 aromatic heterocycles. The van der Waals surface area contributed by atoms with E-state index in [4.69, 9.17) is 5.11 Å². The van der Waals surface area contributed by atoms with E-state index < -0.39 is 5.97 Å². The lowest BCUT2D eigenvalue weighted by atomic mass is 9.96. The van der Waals surface area contributed by atoms with Crippen LogP contribution in [0, 0.1) is 17.7 Å². The molecule has 1 fully saturated rings. The maximum absolute atomic E-state index is 12.7. The Morgan fingerprint density at radius 1 is 1.22 bits per heavy atom. The van der Waals surface area contributed by atoms with Crippen molar-refractivity contribution in [2.75, 3.05) is 0 Å². The number of carboxylic acids is 1. The Hall–Kier alpha value is -1.71. The van der Waals surface area contributed by atoms with Crippen molar-refractivity contribution in [1.82, 2.24) is 0 Å². The van der Waals surface area contributed by atoms with Crippen LogP contribution >= 0.6 is 0 Å². The number of aliphatic carboxylic acids is 1. The number of rotatable bonds is 4. The second-order valence-corrected chi connectivity index (χ2v) is 4.85. The van der Waals surface area contributed by atoms with Crippen LogP contribution < -0.4 is 0 Å². The van der Waals surface area contributed by atoms with E-state index in [0.717, 1.165) is 6.42 Å². The number of carboxylic acid groups (broad SMARTS) is 1. The van der Waals surface area contributed by atoms with Crippen LogP contribution in [0.3, 0.4) is 0 Å². The van der Waals surface area contributed by atoms with Crippen molar-refractivity contribution in [3.8, 4) is 0 Å². The van der Waals surface area contributed by atoms with Crippen LogP contribution in [0.5, 0.6) is 0 Å². The molecule has 4 heteroatoms. The first kappa shape index (κ1) is 12.7. The molecule has 0 heterocycles. The summed E-state index contributed by atoms with van der Waals surface area (Å²) in [6.45, 7) is 0. The highest BCUT2D eigenvalue weighted by molar-refractivity contribution is 5.96. The highest BCUT2D eigenvalue weighted by Gasteiger charge is 2.30. The van der Waals surface area contributed by atoms with E-state index in [1.807, 2.05) is 0 Å². The van der Waals surface area contributed by atoms with Crippen molar-refractivity contribution >= 4 is 11.8 Å².